The number of rotatable bonds is 6. The van der Waals surface area contributed by atoms with Crippen molar-refractivity contribution in [3.63, 3.8) is 0 Å². The molecule has 1 aliphatic heterocycles. The van der Waals surface area contributed by atoms with Gasteiger partial charge in [0.05, 0.1) is 0 Å². The maximum Gasteiger partial charge on any atom is 0.424 e. The fourth-order valence-electron chi connectivity index (χ4n) is 3.78. The molecule has 2 amide bonds. The molecule has 1 aliphatic rings. The lowest BCUT2D eigenvalue weighted by Crippen LogP contribution is -2.52. The maximum absolute atomic E-state index is 13.5. The first-order valence-electron chi connectivity index (χ1n) is 10.2. The number of halogens is 3. The molecule has 7 nitrogen and oxygen atoms in total. The van der Waals surface area contributed by atoms with Crippen molar-refractivity contribution in [2.24, 2.45) is 7.05 Å². The topological polar surface area (TPSA) is 73.6 Å². The van der Waals surface area contributed by atoms with Gasteiger partial charge in [0.15, 0.2) is 0 Å². The van der Waals surface area contributed by atoms with Crippen LogP contribution in [0.15, 0.2) is 36.7 Å². The third-order valence-corrected chi connectivity index (χ3v) is 5.57. The van der Waals surface area contributed by atoms with Crippen LogP contribution in [-0.2, 0) is 19.2 Å². The number of carbonyl (C=O) groups is 1. The van der Waals surface area contributed by atoms with Crippen molar-refractivity contribution < 1.29 is 23.1 Å². The van der Waals surface area contributed by atoms with Gasteiger partial charge in [-0.1, -0.05) is 29.8 Å². The molecular formula is C21H28F3N5O2. The van der Waals surface area contributed by atoms with Gasteiger partial charge in [0.2, 0.25) is 5.60 Å². The second-order valence-corrected chi connectivity index (χ2v) is 7.95. The molecule has 0 saturated carbocycles. The number of nitrogens with zero attached hydrogens (tertiary/aromatic N) is 4. The molecule has 2 heterocycles. The molecule has 1 saturated heterocycles. The highest BCUT2D eigenvalue weighted by atomic mass is 19.4. The standard InChI is InChI=1S/C21H28F3N5O2/c1-16-4-3-5-17(14-16)15-28-10-12-29(13-11-28)19(30)26-7-6-20(31,21(22,23)24)18-25-8-9-27(18)2/h3-5,8-9,14,31H,6-7,10-13,15H2,1-2H3,(H,26,30). The van der Waals surface area contributed by atoms with Gasteiger partial charge in [-0.25, -0.2) is 9.78 Å². The summed E-state index contributed by atoms with van der Waals surface area (Å²) in [5.74, 6) is -0.501. The number of nitrogens with one attached hydrogen (secondary N) is 1. The van der Waals surface area contributed by atoms with Crippen molar-refractivity contribution in [2.45, 2.75) is 31.7 Å². The van der Waals surface area contributed by atoms with E-state index in [0.29, 0.717) is 26.2 Å². The van der Waals surface area contributed by atoms with E-state index in [1.807, 2.05) is 19.1 Å². The number of alkyl halides is 3. The van der Waals surface area contributed by atoms with Gasteiger partial charge >= 0.3 is 12.2 Å². The number of aliphatic hydroxyl groups is 1. The summed E-state index contributed by atoms with van der Waals surface area (Å²) in [4.78, 5) is 19.9. The number of hydrogen-bond acceptors (Lipinski definition) is 4. The average Bonchev–Trinajstić information content (AvgIpc) is 3.14. The number of aryl methyl sites for hydroxylation is 2. The highest BCUT2D eigenvalue weighted by Gasteiger charge is 2.57. The van der Waals surface area contributed by atoms with Crippen LogP contribution in [0.25, 0.3) is 0 Å². The first-order valence-corrected chi connectivity index (χ1v) is 10.2. The smallest absolute Gasteiger partial charge is 0.374 e. The van der Waals surface area contributed by atoms with Crippen LogP contribution >= 0.6 is 0 Å². The Morgan fingerprint density at radius 2 is 1.94 bits per heavy atom. The molecule has 10 heteroatoms. The molecule has 0 spiro atoms. The van der Waals surface area contributed by atoms with Gasteiger partial charge in [0, 0.05) is 65.1 Å². The predicted molar refractivity (Wildman–Crippen MR) is 109 cm³/mol. The number of benzene rings is 1. The first kappa shape index (κ1) is 23.1. The molecular weight excluding hydrogens is 411 g/mol. The lowest BCUT2D eigenvalue weighted by atomic mass is 9.97. The van der Waals surface area contributed by atoms with E-state index in [-0.39, 0.29) is 6.54 Å². The molecule has 2 N–H and O–H groups in total. The quantitative estimate of drug-likeness (QED) is 0.725. The Balaban J connectivity index is 1.49. The van der Waals surface area contributed by atoms with Crippen molar-refractivity contribution in [1.29, 1.82) is 0 Å². The number of aromatic nitrogens is 2. The van der Waals surface area contributed by atoms with E-state index in [9.17, 15) is 23.1 Å². The minimum atomic E-state index is -4.92. The van der Waals surface area contributed by atoms with Crippen LogP contribution in [0.5, 0.6) is 0 Å². The summed E-state index contributed by atoms with van der Waals surface area (Å²) in [5, 5.41) is 12.8. The molecule has 3 rings (SSSR count). The summed E-state index contributed by atoms with van der Waals surface area (Å²) in [5.41, 5.74) is -0.733. The number of imidazole rings is 1. The van der Waals surface area contributed by atoms with Crippen molar-refractivity contribution in [3.8, 4) is 0 Å². The van der Waals surface area contributed by atoms with Crippen LogP contribution in [-0.4, -0.2) is 69.4 Å². The van der Waals surface area contributed by atoms with Crippen LogP contribution in [0.2, 0.25) is 0 Å². The van der Waals surface area contributed by atoms with Gasteiger partial charge < -0.3 is 19.9 Å². The molecule has 0 bridgehead atoms. The Bertz CT molecular complexity index is 893. The normalized spacial score (nSPS) is 17.4. The summed E-state index contributed by atoms with van der Waals surface area (Å²) in [6.07, 6.45) is -3.11. The summed E-state index contributed by atoms with van der Waals surface area (Å²) < 4.78 is 41.8. The van der Waals surface area contributed by atoms with Crippen molar-refractivity contribution >= 4 is 6.03 Å². The minimum Gasteiger partial charge on any atom is -0.374 e. The van der Waals surface area contributed by atoms with E-state index in [1.54, 1.807) is 4.90 Å². The zero-order chi connectivity index (χ0) is 22.6. The molecule has 1 aromatic carbocycles. The van der Waals surface area contributed by atoms with Gasteiger partial charge in [-0.05, 0) is 12.5 Å². The van der Waals surface area contributed by atoms with Gasteiger partial charge in [-0.2, -0.15) is 13.2 Å². The lowest BCUT2D eigenvalue weighted by molar-refractivity contribution is -0.272. The van der Waals surface area contributed by atoms with E-state index in [1.165, 1.54) is 30.6 Å². The minimum absolute atomic E-state index is 0.328. The van der Waals surface area contributed by atoms with Crippen LogP contribution in [0.3, 0.4) is 0 Å². The summed E-state index contributed by atoms with van der Waals surface area (Å²) in [7, 11) is 1.38. The molecule has 0 radical (unpaired) electrons. The Hall–Kier alpha value is -2.59. The first-order chi connectivity index (χ1) is 14.6. The number of urea groups is 1. The van der Waals surface area contributed by atoms with Crippen molar-refractivity contribution in [3.05, 3.63) is 53.6 Å². The maximum atomic E-state index is 13.5. The zero-order valence-electron chi connectivity index (χ0n) is 17.7. The van der Waals surface area contributed by atoms with Crippen LogP contribution < -0.4 is 5.32 Å². The van der Waals surface area contributed by atoms with Gasteiger partial charge in [-0.15, -0.1) is 0 Å². The monoisotopic (exact) mass is 439 g/mol. The van der Waals surface area contributed by atoms with Crippen molar-refractivity contribution in [1.82, 2.24) is 24.7 Å². The van der Waals surface area contributed by atoms with E-state index in [0.717, 1.165) is 11.1 Å². The number of hydrogen-bond donors (Lipinski definition) is 2. The molecule has 1 fully saturated rings. The molecule has 0 aliphatic carbocycles. The highest BCUT2D eigenvalue weighted by Crippen LogP contribution is 2.40. The second kappa shape index (κ2) is 9.27. The fourth-order valence-corrected chi connectivity index (χ4v) is 3.78. The highest BCUT2D eigenvalue weighted by molar-refractivity contribution is 5.74. The Labute approximate surface area is 179 Å². The molecule has 31 heavy (non-hydrogen) atoms. The number of piperazine rings is 1. The molecule has 1 unspecified atom stereocenters. The van der Waals surface area contributed by atoms with Gasteiger partial charge in [-0.3, -0.25) is 4.90 Å². The lowest BCUT2D eigenvalue weighted by Gasteiger charge is -2.35. The number of amides is 2. The fraction of sp³-hybridized carbons (Fsp3) is 0.524. The van der Waals surface area contributed by atoms with Gasteiger partial charge in [0.1, 0.15) is 5.82 Å². The third kappa shape index (κ3) is 5.37. The number of carbonyl (C=O) groups excluding carboxylic acids is 1. The Kier molecular flexibility index (Phi) is 6.90. The zero-order valence-corrected chi connectivity index (χ0v) is 17.7. The molecule has 2 aromatic rings. The largest absolute Gasteiger partial charge is 0.424 e. The second-order valence-electron chi connectivity index (χ2n) is 7.95. The Morgan fingerprint density at radius 3 is 2.52 bits per heavy atom. The Morgan fingerprint density at radius 1 is 1.23 bits per heavy atom. The summed E-state index contributed by atoms with van der Waals surface area (Å²) in [6.45, 7) is 4.84. The van der Waals surface area contributed by atoms with Crippen LogP contribution in [0, 0.1) is 6.92 Å². The van der Waals surface area contributed by atoms with Crippen LogP contribution in [0.1, 0.15) is 23.4 Å². The molecule has 170 valence electrons. The van der Waals surface area contributed by atoms with Crippen LogP contribution in [0.4, 0.5) is 18.0 Å². The van der Waals surface area contributed by atoms with E-state index >= 15 is 0 Å². The predicted octanol–water partition coefficient (Wildman–Crippen LogP) is 2.40. The van der Waals surface area contributed by atoms with E-state index in [4.69, 9.17) is 0 Å². The third-order valence-electron chi connectivity index (χ3n) is 5.57. The van der Waals surface area contributed by atoms with Gasteiger partial charge in [0.25, 0.3) is 0 Å². The van der Waals surface area contributed by atoms with E-state index in [2.05, 4.69) is 27.3 Å². The SMILES string of the molecule is Cc1cccc(CN2CCN(C(=O)NCCC(O)(c3nccn3C)C(F)(F)F)CC2)c1. The van der Waals surface area contributed by atoms with Crippen molar-refractivity contribution in [2.75, 3.05) is 32.7 Å². The molecule has 1 atom stereocenters. The average molecular weight is 439 g/mol. The summed E-state index contributed by atoms with van der Waals surface area (Å²) >= 11 is 0. The molecule has 1 aromatic heterocycles. The van der Waals surface area contributed by atoms with E-state index < -0.39 is 30.1 Å². The summed E-state index contributed by atoms with van der Waals surface area (Å²) in [6, 6.07) is 7.82.